The summed E-state index contributed by atoms with van der Waals surface area (Å²) in [6.45, 7) is 4.25. The van der Waals surface area contributed by atoms with Crippen LogP contribution in [0.3, 0.4) is 0 Å². The van der Waals surface area contributed by atoms with Crippen molar-refractivity contribution in [3.05, 3.63) is 70.8 Å². The summed E-state index contributed by atoms with van der Waals surface area (Å²) < 4.78 is 10.1. The van der Waals surface area contributed by atoms with Crippen LogP contribution in [0.25, 0.3) is 5.57 Å². The Morgan fingerprint density at radius 3 is 2.50 bits per heavy atom. The number of esters is 1. The summed E-state index contributed by atoms with van der Waals surface area (Å²) in [7, 11) is 3.06. The van der Waals surface area contributed by atoms with E-state index in [1.165, 1.54) is 18.2 Å². The molecule has 0 N–H and O–H groups in total. The molecule has 0 atom stereocenters. The fraction of sp³-hybridized carbons (Fsp3) is 0.211. The first kappa shape index (κ1) is 14.4. The van der Waals surface area contributed by atoms with Gasteiger partial charge in [-0.15, -0.1) is 0 Å². The number of carbonyl (C=O) groups is 1. The molecule has 3 heteroatoms. The predicted molar refractivity (Wildman–Crippen MR) is 86.3 cm³/mol. The molecule has 3 rings (SSSR count). The molecule has 0 amide bonds. The molecule has 0 bridgehead atoms. The Labute approximate surface area is 130 Å². The van der Waals surface area contributed by atoms with Crippen molar-refractivity contribution in [2.75, 3.05) is 14.2 Å². The van der Waals surface area contributed by atoms with Crippen LogP contribution in [-0.4, -0.2) is 20.2 Å². The van der Waals surface area contributed by atoms with Crippen molar-refractivity contribution in [2.45, 2.75) is 12.8 Å². The Morgan fingerprint density at radius 1 is 1.00 bits per heavy atom. The number of methoxy groups -OCH3 is 2. The number of rotatable bonds is 2. The first-order chi connectivity index (χ1) is 10.6. The van der Waals surface area contributed by atoms with Crippen LogP contribution < -0.4 is 4.74 Å². The molecule has 0 radical (unpaired) electrons. The van der Waals surface area contributed by atoms with E-state index in [1.54, 1.807) is 7.11 Å². The number of aryl methyl sites for hydroxylation is 2. The number of ether oxygens (including phenoxy) is 2. The van der Waals surface area contributed by atoms with E-state index in [0.717, 1.165) is 35.3 Å². The zero-order valence-corrected chi connectivity index (χ0v) is 12.8. The van der Waals surface area contributed by atoms with Crippen LogP contribution in [0.2, 0.25) is 0 Å². The maximum Gasteiger partial charge on any atom is 0.337 e. The molecule has 3 nitrogen and oxygen atoms in total. The molecule has 0 aliphatic heterocycles. The van der Waals surface area contributed by atoms with E-state index < -0.39 is 0 Å². The highest BCUT2D eigenvalue weighted by Gasteiger charge is 2.19. The normalized spacial score (nSPS) is 12.9. The van der Waals surface area contributed by atoms with Gasteiger partial charge in [0.1, 0.15) is 5.75 Å². The lowest BCUT2D eigenvalue weighted by atomic mass is 9.94. The molecule has 112 valence electrons. The van der Waals surface area contributed by atoms with E-state index in [-0.39, 0.29) is 5.97 Å². The predicted octanol–water partition coefficient (Wildman–Crippen LogP) is 3.64. The fourth-order valence-electron chi connectivity index (χ4n) is 2.93. The van der Waals surface area contributed by atoms with Crippen molar-refractivity contribution in [3.63, 3.8) is 0 Å². The summed E-state index contributed by atoms with van der Waals surface area (Å²) in [5.74, 6) is 0.530. The van der Waals surface area contributed by atoms with Gasteiger partial charge in [0.05, 0.1) is 19.8 Å². The standard InChI is InChI=1S/C19H18O3/c1-12-17-9-8-16(21-2)10-14(17)6-4-13-5-7-15(11-18(12)13)19(20)22-3/h5,7-11H,1,4,6H2,2-3H3. The van der Waals surface area contributed by atoms with E-state index in [4.69, 9.17) is 9.47 Å². The minimum Gasteiger partial charge on any atom is -0.497 e. The number of hydrogen-bond acceptors (Lipinski definition) is 3. The zero-order chi connectivity index (χ0) is 15.7. The van der Waals surface area contributed by atoms with Crippen LogP contribution >= 0.6 is 0 Å². The molecule has 0 saturated carbocycles. The lowest BCUT2D eigenvalue weighted by Crippen LogP contribution is -2.03. The molecular formula is C19H18O3. The van der Waals surface area contributed by atoms with Gasteiger partial charge in [-0.2, -0.15) is 0 Å². The fourth-order valence-corrected chi connectivity index (χ4v) is 2.93. The molecule has 1 aliphatic rings. The van der Waals surface area contributed by atoms with Crippen LogP contribution in [0.1, 0.15) is 32.6 Å². The molecule has 0 heterocycles. The summed E-state index contributed by atoms with van der Waals surface area (Å²) >= 11 is 0. The lowest BCUT2D eigenvalue weighted by Gasteiger charge is -2.12. The van der Waals surface area contributed by atoms with Crippen molar-refractivity contribution in [2.24, 2.45) is 0 Å². The largest absolute Gasteiger partial charge is 0.497 e. The van der Waals surface area contributed by atoms with E-state index in [1.807, 2.05) is 30.3 Å². The average molecular weight is 294 g/mol. The maximum absolute atomic E-state index is 11.8. The summed E-state index contributed by atoms with van der Waals surface area (Å²) in [6.07, 6.45) is 1.84. The third kappa shape index (κ3) is 2.39. The second-order valence-electron chi connectivity index (χ2n) is 5.37. The van der Waals surface area contributed by atoms with E-state index in [2.05, 4.69) is 12.6 Å². The minimum absolute atomic E-state index is 0.324. The van der Waals surface area contributed by atoms with E-state index in [0.29, 0.717) is 5.56 Å². The van der Waals surface area contributed by atoms with Crippen LogP contribution in [-0.2, 0) is 17.6 Å². The average Bonchev–Trinajstić information content (AvgIpc) is 2.70. The monoisotopic (exact) mass is 294 g/mol. The van der Waals surface area contributed by atoms with E-state index in [9.17, 15) is 4.79 Å². The Hall–Kier alpha value is -2.55. The topological polar surface area (TPSA) is 35.5 Å². The van der Waals surface area contributed by atoms with Crippen LogP contribution in [0, 0.1) is 0 Å². The Kier molecular flexibility index (Phi) is 3.72. The van der Waals surface area contributed by atoms with Gasteiger partial charge in [-0.05, 0) is 64.9 Å². The second-order valence-corrected chi connectivity index (χ2v) is 5.37. The number of hydrogen-bond donors (Lipinski definition) is 0. The first-order valence-corrected chi connectivity index (χ1v) is 7.22. The third-order valence-corrected chi connectivity index (χ3v) is 4.16. The van der Waals surface area contributed by atoms with Crippen molar-refractivity contribution in [1.29, 1.82) is 0 Å². The highest BCUT2D eigenvalue weighted by Crippen LogP contribution is 2.34. The van der Waals surface area contributed by atoms with Gasteiger partial charge in [0.15, 0.2) is 0 Å². The second kappa shape index (κ2) is 5.68. The molecule has 1 aliphatic carbocycles. The molecule has 0 unspecified atom stereocenters. The van der Waals surface area contributed by atoms with E-state index >= 15 is 0 Å². The SMILES string of the molecule is C=C1c2ccc(OC)cc2CCc2ccc(C(=O)OC)cc21. The molecule has 22 heavy (non-hydrogen) atoms. The highest BCUT2D eigenvalue weighted by molar-refractivity contribution is 5.92. The number of benzene rings is 2. The summed E-state index contributed by atoms with van der Waals surface area (Å²) in [5, 5.41) is 0. The van der Waals surface area contributed by atoms with Gasteiger partial charge in [0.2, 0.25) is 0 Å². The maximum atomic E-state index is 11.8. The smallest absolute Gasteiger partial charge is 0.337 e. The van der Waals surface area contributed by atoms with Crippen LogP contribution in [0.15, 0.2) is 43.0 Å². The molecule has 0 saturated heterocycles. The number of fused-ring (bicyclic) bond motifs is 2. The van der Waals surface area contributed by atoms with Gasteiger partial charge in [0.25, 0.3) is 0 Å². The molecule has 0 aromatic heterocycles. The van der Waals surface area contributed by atoms with Gasteiger partial charge in [0, 0.05) is 0 Å². The van der Waals surface area contributed by atoms with Gasteiger partial charge in [-0.3, -0.25) is 0 Å². The minimum atomic E-state index is -0.324. The van der Waals surface area contributed by atoms with Crippen molar-refractivity contribution < 1.29 is 14.3 Å². The van der Waals surface area contributed by atoms with Crippen molar-refractivity contribution >= 4 is 11.5 Å². The molecule has 0 spiro atoms. The van der Waals surface area contributed by atoms with Crippen LogP contribution in [0.5, 0.6) is 5.75 Å². The molecule has 0 fully saturated rings. The quantitative estimate of drug-likeness (QED) is 0.793. The highest BCUT2D eigenvalue weighted by atomic mass is 16.5. The Morgan fingerprint density at radius 2 is 1.77 bits per heavy atom. The molecule has 2 aromatic carbocycles. The summed E-state index contributed by atoms with van der Waals surface area (Å²) in [6, 6.07) is 11.7. The third-order valence-electron chi connectivity index (χ3n) is 4.16. The summed E-state index contributed by atoms with van der Waals surface area (Å²) in [4.78, 5) is 11.8. The Bertz CT molecular complexity index is 759. The van der Waals surface area contributed by atoms with Gasteiger partial charge < -0.3 is 9.47 Å². The molecule has 2 aromatic rings. The summed E-state index contributed by atoms with van der Waals surface area (Å²) in [5.41, 5.74) is 6.05. The van der Waals surface area contributed by atoms with Crippen LogP contribution in [0.4, 0.5) is 0 Å². The van der Waals surface area contributed by atoms with Gasteiger partial charge >= 0.3 is 5.97 Å². The lowest BCUT2D eigenvalue weighted by molar-refractivity contribution is 0.0600. The van der Waals surface area contributed by atoms with Gasteiger partial charge in [-0.1, -0.05) is 18.7 Å². The number of carbonyl (C=O) groups excluding carboxylic acids is 1. The Balaban J connectivity index is 2.09. The molecular weight excluding hydrogens is 276 g/mol. The van der Waals surface area contributed by atoms with Crippen molar-refractivity contribution in [3.8, 4) is 5.75 Å². The van der Waals surface area contributed by atoms with Gasteiger partial charge in [-0.25, -0.2) is 4.79 Å². The zero-order valence-electron chi connectivity index (χ0n) is 12.8. The first-order valence-electron chi connectivity index (χ1n) is 7.22. The van der Waals surface area contributed by atoms with Crippen molar-refractivity contribution in [1.82, 2.24) is 0 Å².